The molecule has 0 radical (unpaired) electrons. The zero-order chi connectivity index (χ0) is 23.3. The van der Waals surface area contributed by atoms with Gasteiger partial charge in [0.1, 0.15) is 12.4 Å². The summed E-state index contributed by atoms with van der Waals surface area (Å²) in [6, 6.07) is 27.7. The van der Waals surface area contributed by atoms with Gasteiger partial charge < -0.3 is 9.30 Å². The number of fused-ring (bicyclic) bond motifs is 1. The Bertz CT molecular complexity index is 1350. The molecule has 0 N–H and O–H groups in total. The van der Waals surface area contributed by atoms with Crippen molar-refractivity contribution in [1.29, 1.82) is 0 Å². The van der Waals surface area contributed by atoms with Gasteiger partial charge in [0.25, 0.3) is 11.1 Å². The molecule has 0 unspecified atom stereocenters. The lowest BCUT2D eigenvalue weighted by atomic mass is 10.1. The Balaban J connectivity index is 1.33. The number of thioether (sulfide) groups is 1. The monoisotopic (exact) mass is 468 g/mol. The van der Waals surface area contributed by atoms with Gasteiger partial charge in [-0.3, -0.25) is 14.5 Å². The molecule has 1 saturated heterocycles. The number of carbonyl (C=O) groups is 2. The van der Waals surface area contributed by atoms with Gasteiger partial charge in [-0.25, -0.2) is 0 Å². The van der Waals surface area contributed by atoms with Crippen LogP contribution in [0.15, 0.2) is 96.0 Å². The summed E-state index contributed by atoms with van der Waals surface area (Å²) in [5.74, 6) is 0.610. The van der Waals surface area contributed by atoms with Crippen molar-refractivity contribution in [3.05, 3.63) is 107 Å². The second-order valence-corrected chi connectivity index (χ2v) is 9.02. The van der Waals surface area contributed by atoms with Crippen LogP contribution in [-0.2, 0) is 17.8 Å². The van der Waals surface area contributed by atoms with Crippen LogP contribution in [0.1, 0.15) is 11.1 Å². The summed E-state index contributed by atoms with van der Waals surface area (Å²) < 4.78 is 7.99. The summed E-state index contributed by atoms with van der Waals surface area (Å²) in [5, 5.41) is 0.825. The van der Waals surface area contributed by atoms with Crippen LogP contribution in [0.25, 0.3) is 17.0 Å². The van der Waals surface area contributed by atoms with E-state index in [1.54, 1.807) is 0 Å². The summed E-state index contributed by atoms with van der Waals surface area (Å²) in [5.41, 5.74) is 3.09. The molecule has 1 aliphatic heterocycles. The predicted molar refractivity (Wildman–Crippen MR) is 137 cm³/mol. The number of nitrogens with zero attached hydrogens (tertiary/aromatic N) is 2. The second kappa shape index (κ2) is 10.0. The third-order valence-electron chi connectivity index (χ3n) is 5.79. The molecule has 0 spiro atoms. The molecule has 3 aromatic carbocycles. The van der Waals surface area contributed by atoms with E-state index in [4.69, 9.17) is 4.74 Å². The molecule has 170 valence electrons. The topological polar surface area (TPSA) is 51.5 Å². The van der Waals surface area contributed by atoms with E-state index in [1.807, 2.05) is 91.1 Å². The van der Waals surface area contributed by atoms with Gasteiger partial charge in [0.15, 0.2) is 0 Å². The Morgan fingerprint density at radius 2 is 1.53 bits per heavy atom. The van der Waals surface area contributed by atoms with Crippen LogP contribution >= 0.6 is 11.8 Å². The first-order chi connectivity index (χ1) is 16.7. The summed E-state index contributed by atoms with van der Waals surface area (Å²) in [4.78, 5) is 27.4. The summed E-state index contributed by atoms with van der Waals surface area (Å²) in [6.07, 6.45) is 4.51. The van der Waals surface area contributed by atoms with Crippen LogP contribution < -0.4 is 4.74 Å². The lowest BCUT2D eigenvalue weighted by Gasteiger charge is -2.12. The van der Waals surface area contributed by atoms with Gasteiger partial charge in [-0.05, 0) is 48.0 Å². The Morgan fingerprint density at radius 3 is 2.32 bits per heavy atom. The lowest BCUT2D eigenvalue weighted by molar-refractivity contribution is -0.122. The zero-order valence-corrected chi connectivity index (χ0v) is 19.4. The highest BCUT2D eigenvalue weighted by atomic mass is 32.2. The third-order valence-corrected chi connectivity index (χ3v) is 6.70. The van der Waals surface area contributed by atoms with E-state index in [-0.39, 0.29) is 11.1 Å². The van der Waals surface area contributed by atoms with Crippen LogP contribution in [0.3, 0.4) is 0 Å². The third kappa shape index (κ3) is 4.77. The highest BCUT2D eigenvalue weighted by Crippen LogP contribution is 2.34. The van der Waals surface area contributed by atoms with Gasteiger partial charge in [-0.2, -0.15) is 0 Å². The molecule has 0 aliphatic carbocycles. The molecule has 6 heteroatoms. The highest BCUT2D eigenvalue weighted by molar-refractivity contribution is 8.18. The highest BCUT2D eigenvalue weighted by Gasteiger charge is 2.34. The molecule has 5 nitrogen and oxygen atoms in total. The number of hydrogen-bond acceptors (Lipinski definition) is 4. The molecule has 2 heterocycles. The summed E-state index contributed by atoms with van der Waals surface area (Å²) in [7, 11) is 0. The minimum Gasteiger partial charge on any atom is -0.492 e. The predicted octanol–water partition coefficient (Wildman–Crippen LogP) is 6.00. The van der Waals surface area contributed by atoms with Crippen molar-refractivity contribution in [2.24, 2.45) is 0 Å². The van der Waals surface area contributed by atoms with Crippen LogP contribution in [0.2, 0.25) is 0 Å². The van der Waals surface area contributed by atoms with Crippen molar-refractivity contribution in [3.8, 4) is 5.75 Å². The molecule has 34 heavy (non-hydrogen) atoms. The van der Waals surface area contributed by atoms with E-state index in [1.165, 1.54) is 4.90 Å². The minimum absolute atomic E-state index is 0.216. The van der Waals surface area contributed by atoms with Gasteiger partial charge in [0.2, 0.25) is 0 Å². The van der Waals surface area contributed by atoms with Crippen LogP contribution in [0, 0.1) is 0 Å². The number of ether oxygens (including phenoxy) is 1. The van der Waals surface area contributed by atoms with Crippen LogP contribution in [-0.4, -0.2) is 33.8 Å². The molecule has 0 saturated carbocycles. The molecule has 5 rings (SSSR count). The van der Waals surface area contributed by atoms with E-state index < -0.39 is 0 Å². The first-order valence-electron chi connectivity index (χ1n) is 11.2. The number of para-hydroxylation sites is 2. The fourth-order valence-electron chi connectivity index (χ4n) is 4.07. The Hall–Kier alpha value is -3.77. The molecule has 1 aromatic heterocycles. The molecule has 2 amide bonds. The number of aromatic nitrogens is 1. The molecule has 1 aliphatic rings. The Labute approximate surface area is 202 Å². The Kier molecular flexibility index (Phi) is 6.49. The van der Waals surface area contributed by atoms with Crippen molar-refractivity contribution < 1.29 is 14.3 Å². The number of imide groups is 1. The molecule has 1 fully saturated rings. The van der Waals surface area contributed by atoms with Crippen molar-refractivity contribution in [2.45, 2.75) is 13.0 Å². The smallest absolute Gasteiger partial charge is 0.293 e. The number of carbonyl (C=O) groups excluding carboxylic acids is 2. The molecule has 0 bridgehead atoms. The maximum absolute atomic E-state index is 13.0. The minimum atomic E-state index is -0.227. The average molecular weight is 469 g/mol. The normalized spacial score (nSPS) is 14.9. The van der Waals surface area contributed by atoms with E-state index in [0.29, 0.717) is 31.0 Å². The van der Waals surface area contributed by atoms with E-state index >= 15 is 0 Å². The first-order valence-corrected chi connectivity index (χ1v) is 12.1. The first kappa shape index (κ1) is 22.0. The number of rotatable bonds is 8. The van der Waals surface area contributed by atoms with E-state index in [0.717, 1.165) is 39.5 Å². The molecule has 4 aromatic rings. The fourth-order valence-corrected chi connectivity index (χ4v) is 4.93. The van der Waals surface area contributed by atoms with Crippen molar-refractivity contribution >= 4 is 39.9 Å². The van der Waals surface area contributed by atoms with Crippen LogP contribution in [0.4, 0.5) is 4.79 Å². The van der Waals surface area contributed by atoms with Gasteiger partial charge in [-0.1, -0.05) is 66.7 Å². The maximum Gasteiger partial charge on any atom is 0.293 e. The number of benzene rings is 3. The maximum atomic E-state index is 13.0. The SMILES string of the molecule is O=C1S/C(=C\c2cn(CCOc3ccccc3)c3ccccc23)C(=O)N1CCc1ccccc1. The lowest BCUT2D eigenvalue weighted by Crippen LogP contribution is -2.30. The van der Waals surface area contributed by atoms with Crippen molar-refractivity contribution in [3.63, 3.8) is 0 Å². The van der Waals surface area contributed by atoms with Gasteiger partial charge in [-0.15, -0.1) is 0 Å². The number of amides is 2. The molecular weight excluding hydrogens is 444 g/mol. The summed E-state index contributed by atoms with van der Waals surface area (Å²) in [6.45, 7) is 1.57. The van der Waals surface area contributed by atoms with Crippen molar-refractivity contribution in [2.75, 3.05) is 13.2 Å². The largest absolute Gasteiger partial charge is 0.492 e. The van der Waals surface area contributed by atoms with E-state index in [2.05, 4.69) is 10.6 Å². The Morgan fingerprint density at radius 1 is 0.824 bits per heavy atom. The number of hydrogen-bond donors (Lipinski definition) is 0. The van der Waals surface area contributed by atoms with Crippen molar-refractivity contribution in [1.82, 2.24) is 9.47 Å². The van der Waals surface area contributed by atoms with E-state index in [9.17, 15) is 9.59 Å². The molecule has 0 atom stereocenters. The van der Waals surface area contributed by atoms with Gasteiger partial charge in [0, 0.05) is 29.2 Å². The van der Waals surface area contributed by atoms with Gasteiger partial charge in [0.05, 0.1) is 11.4 Å². The average Bonchev–Trinajstić information content (AvgIpc) is 3.35. The van der Waals surface area contributed by atoms with Crippen LogP contribution in [0.5, 0.6) is 5.75 Å². The van der Waals surface area contributed by atoms with Gasteiger partial charge >= 0.3 is 0 Å². The standard InChI is InChI=1S/C28H24N2O3S/c31-27-26(34-28(32)30(27)16-15-21-9-3-1-4-10-21)19-22-20-29(25-14-8-7-13-24(22)25)17-18-33-23-11-5-2-6-12-23/h1-14,19-20H,15-18H2/b26-19-. The second-order valence-electron chi connectivity index (χ2n) is 8.03. The fraction of sp³-hybridized carbons (Fsp3) is 0.143. The quantitative estimate of drug-likeness (QED) is 0.298. The zero-order valence-electron chi connectivity index (χ0n) is 18.6. The summed E-state index contributed by atoms with van der Waals surface area (Å²) >= 11 is 1.01. The molecular formula is C28H24N2O3S.